The second kappa shape index (κ2) is 8.22. The van der Waals surface area contributed by atoms with Crippen LogP contribution in [0.4, 0.5) is 11.4 Å². The van der Waals surface area contributed by atoms with Gasteiger partial charge in [-0.25, -0.2) is 8.42 Å². The number of carbonyl (C=O) groups is 2. The lowest BCUT2D eigenvalue weighted by atomic mass is 10.0. The third kappa shape index (κ3) is 4.26. The Morgan fingerprint density at radius 3 is 2.33 bits per heavy atom. The summed E-state index contributed by atoms with van der Waals surface area (Å²) in [4.78, 5) is 26.1. The van der Waals surface area contributed by atoms with E-state index in [2.05, 4.69) is 5.32 Å². The van der Waals surface area contributed by atoms with Crippen LogP contribution in [-0.2, 0) is 25.8 Å². The first-order chi connectivity index (χ1) is 14.0. The summed E-state index contributed by atoms with van der Waals surface area (Å²) in [6.07, 6.45) is 0.491. The number of nitrogens with zero attached hydrogens (tertiary/aromatic N) is 1. The number of sulfone groups is 1. The van der Waals surface area contributed by atoms with Gasteiger partial charge in [0.2, 0.25) is 11.8 Å². The average Bonchev–Trinajstić information content (AvgIpc) is 3.08. The van der Waals surface area contributed by atoms with Crippen molar-refractivity contribution in [3.63, 3.8) is 0 Å². The van der Waals surface area contributed by atoms with Gasteiger partial charge in [0.1, 0.15) is 0 Å². The number of benzene rings is 2. The highest BCUT2D eigenvalue weighted by molar-refractivity contribution is 7.92. The number of aryl methyl sites for hydroxylation is 3. The molecule has 0 radical (unpaired) electrons. The summed E-state index contributed by atoms with van der Waals surface area (Å²) >= 11 is 0. The second-order valence-corrected chi connectivity index (χ2v) is 10.5. The molecule has 2 aromatic carbocycles. The van der Waals surface area contributed by atoms with Gasteiger partial charge in [-0.2, -0.15) is 0 Å². The molecule has 2 aromatic rings. The van der Waals surface area contributed by atoms with Crippen molar-refractivity contribution in [2.45, 2.75) is 57.6 Å². The summed E-state index contributed by atoms with van der Waals surface area (Å²) in [6, 6.07) is 8.81. The fraction of sp³-hybridized carbons (Fsp3) is 0.391. The van der Waals surface area contributed by atoms with Crippen molar-refractivity contribution >= 4 is 33.0 Å². The lowest BCUT2D eigenvalue weighted by Crippen LogP contribution is -2.26. The Bertz CT molecular complexity index is 1100. The quantitative estimate of drug-likeness (QED) is 0.787. The number of hydrogen-bond donors (Lipinski definition) is 1. The third-order valence-corrected chi connectivity index (χ3v) is 7.74. The minimum Gasteiger partial charge on any atom is -0.326 e. The molecule has 1 aliphatic heterocycles. The number of fused-ring (bicyclic) bond motifs is 1. The minimum absolute atomic E-state index is 0.0592. The maximum absolute atomic E-state index is 13.1. The zero-order chi connectivity index (χ0) is 22.2. The van der Waals surface area contributed by atoms with Crippen molar-refractivity contribution in [3.8, 4) is 0 Å². The lowest BCUT2D eigenvalue weighted by Gasteiger charge is -2.17. The second-order valence-electron chi connectivity index (χ2n) is 8.09. The first-order valence-electron chi connectivity index (χ1n) is 10.0. The van der Waals surface area contributed by atoms with E-state index in [4.69, 9.17) is 0 Å². The Balaban J connectivity index is 1.76. The molecule has 0 spiro atoms. The van der Waals surface area contributed by atoms with Crippen LogP contribution in [0.15, 0.2) is 35.2 Å². The van der Waals surface area contributed by atoms with Crippen LogP contribution < -0.4 is 10.2 Å². The number of nitrogens with one attached hydrogen (secondary N) is 1. The number of hydrogen-bond acceptors (Lipinski definition) is 4. The van der Waals surface area contributed by atoms with E-state index in [1.165, 1.54) is 13.0 Å². The zero-order valence-electron chi connectivity index (χ0n) is 18.1. The van der Waals surface area contributed by atoms with Crippen LogP contribution in [0.1, 0.15) is 42.5 Å². The van der Waals surface area contributed by atoms with E-state index in [0.29, 0.717) is 13.0 Å². The van der Waals surface area contributed by atoms with Gasteiger partial charge >= 0.3 is 0 Å². The highest BCUT2D eigenvalue weighted by Crippen LogP contribution is 2.32. The van der Waals surface area contributed by atoms with Crippen molar-refractivity contribution in [2.24, 2.45) is 0 Å². The SMILES string of the molecule is CC(=O)N1CCc2cc(S(=O)(=O)C(C)CC(=O)Nc3c(C)cc(C)cc3C)ccc21. The van der Waals surface area contributed by atoms with Crippen molar-refractivity contribution in [3.05, 3.63) is 52.6 Å². The molecule has 0 aromatic heterocycles. The highest BCUT2D eigenvalue weighted by Gasteiger charge is 2.29. The first-order valence-corrected chi connectivity index (χ1v) is 11.6. The van der Waals surface area contributed by atoms with Gasteiger partial charge < -0.3 is 10.2 Å². The molecule has 3 rings (SSSR count). The maximum Gasteiger partial charge on any atom is 0.225 e. The van der Waals surface area contributed by atoms with Gasteiger partial charge in [0.15, 0.2) is 9.84 Å². The van der Waals surface area contributed by atoms with Crippen LogP contribution in [0.5, 0.6) is 0 Å². The summed E-state index contributed by atoms with van der Waals surface area (Å²) in [5.41, 5.74) is 5.34. The summed E-state index contributed by atoms with van der Waals surface area (Å²) in [6.45, 7) is 9.44. The van der Waals surface area contributed by atoms with Gasteiger partial charge in [-0.05, 0) is 69.0 Å². The Morgan fingerprint density at radius 1 is 1.10 bits per heavy atom. The minimum atomic E-state index is -3.68. The van der Waals surface area contributed by atoms with Crippen LogP contribution in [0.3, 0.4) is 0 Å². The molecule has 1 atom stereocenters. The predicted octanol–water partition coefficient (Wildman–Crippen LogP) is 3.71. The Hall–Kier alpha value is -2.67. The average molecular weight is 429 g/mol. The lowest BCUT2D eigenvalue weighted by molar-refractivity contribution is -0.117. The number of rotatable bonds is 5. The van der Waals surface area contributed by atoms with Gasteiger partial charge in [-0.1, -0.05) is 17.7 Å². The molecular weight excluding hydrogens is 400 g/mol. The van der Waals surface area contributed by atoms with Gasteiger partial charge in [0.05, 0.1) is 10.1 Å². The summed E-state index contributed by atoms with van der Waals surface area (Å²) in [7, 11) is -3.68. The Kier molecular flexibility index (Phi) is 6.04. The first kappa shape index (κ1) is 22.0. The summed E-state index contributed by atoms with van der Waals surface area (Å²) < 4.78 is 26.1. The van der Waals surface area contributed by atoms with E-state index in [9.17, 15) is 18.0 Å². The van der Waals surface area contributed by atoms with Crippen molar-refractivity contribution in [2.75, 3.05) is 16.8 Å². The largest absolute Gasteiger partial charge is 0.326 e. The van der Waals surface area contributed by atoms with E-state index in [-0.39, 0.29) is 23.1 Å². The van der Waals surface area contributed by atoms with Gasteiger partial charge in [-0.3, -0.25) is 9.59 Å². The molecule has 0 saturated carbocycles. The zero-order valence-corrected chi connectivity index (χ0v) is 18.9. The summed E-state index contributed by atoms with van der Waals surface area (Å²) in [5, 5.41) is 2.00. The molecule has 2 amide bonds. The summed E-state index contributed by atoms with van der Waals surface area (Å²) in [5.74, 6) is -0.388. The molecule has 1 aliphatic rings. The van der Waals surface area contributed by atoms with Crippen molar-refractivity contribution in [1.29, 1.82) is 0 Å². The molecule has 1 N–H and O–H groups in total. The van der Waals surface area contributed by atoms with Crippen LogP contribution >= 0.6 is 0 Å². The highest BCUT2D eigenvalue weighted by atomic mass is 32.2. The van der Waals surface area contributed by atoms with E-state index in [1.807, 2.05) is 32.9 Å². The third-order valence-electron chi connectivity index (χ3n) is 5.60. The fourth-order valence-electron chi connectivity index (χ4n) is 4.05. The van der Waals surface area contributed by atoms with Gasteiger partial charge in [-0.15, -0.1) is 0 Å². The molecular formula is C23H28N2O4S. The standard InChI is InChI=1S/C23H28N2O4S/c1-14-10-15(2)23(16(3)11-14)24-22(27)12-17(4)30(28,29)20-6-7-21-19(13-20)8-9-25(21)18(5)26/h6-7,10-11,13,17H,8-9,12H2,1-5H3,(H,24,27). The van der Waals surface area contributed by atoms with E-state index < -0.39 is 15.1 Å². The number of carbonyl (C=O) groups excluding carboxylic acids is 2. The topological polar surface area (TPSA) is 83.6 Å². The maximum atomic E-state index is 13.1. The van der Waals surface area contributed by atoms with Crippen LogP contribution in [0.2, 0.25) is 0 Å². The molecule has 1 unspecified atom stereocenters. The molecule has 0 aliphatic carbocycles. The number of amides is 2. The molecule has 7 heteroatoms. The number of anilines is 2. The molecule has 6 nitrogen and oxygen atoms in total. The van der Waals surface area contributed by atoms with Crippen LogP contribution in [-0.4, -0.2) is 32.0 Å². The van der Waals surface area contributed by atoms with Gasteiger partial charge in [0.25, 0.3) is 0 Å². The normalized spacial score (nSPS) is 14.4. The van der Waals surface area contributed by atoms with E-state index >= 15 is 0 Å². The van der Waals surface area contributed by atoms with E-state index in [1.54, 1.807) is 24.0 Å². The Morgan fingerprint density at radius 2 is 1.73 bits per heavy atom. The monoisotopic (exact) mass is 428 g/mol. The van der Waals surface area contributed by atoms with Crippen molar-refractivity contribution in [1.82, 2.24) is 0 Å². The molecule has 0 fully saturated rings. The van der Waals surface area contributed by atoms with Crippen molar-refractivity contribution < 1.29 is 18.0 Å². The Labute approximate surface area is 178 Å². The smallest absolute Gasteiger partial charge is 0.225 e. The molecule has 1 heterocycles. The van der Waals surface area contributed by atoms with Crippen LogP contribution in [0, 0.1) is 20.8 Å². The molecule has 0 saturated heterocycles. The molecule has 30 heavy (non-hydrogen) atoms. The van der Waals surface area contributed by atoms with Gasteiger partial charge in [0, 0.05) is 31.3 Å². The predicted molar refractivity (Wildman–Crippen MR) is 119 cm³/mol. The molecule has 160 valence electrons. The van der Waals surface area contributed by atoms with Crippen LogP contribution in [0.25, 0.3) is 0 Å². The molecule has 0 bridgehead atoms. The fourth-order valence-corrected chi connectivity index (χ4v) is 5.45. The van der Waals surface area contributed by atoms with E-state index in [0.717, 1.165) is 33.6 Å².